The summed E-state index contributed by atoms with van der Waals surface area (Å²) in [5, 5.41) is 16.5. The minimum atomic E-state index is -0.393. The number of nitrogens with one attached hydrogen (secondary N) is 1. The van der Waals surface area contributed by atoms with Gasteiger partial charge in [0.05, 0.1) is 18.3 Å². The topological polar surface area (TPSA) is 75.4 Å². The Balaban J connectivity index is 2.02. The SMILES string of the molecule is CCc1ccc(C(CO)NC(=O)C(C)Cc2c(C)noc2C)cc1. The lowest BCUT2D eigenvalue weighted by molar-refractivity contribution is -0.125. The van der Waals surface area contributed by atoms with Crippen LogP contribution < -0.4 is 5.32 Å². The second kappa shape index (κ2) is 8.11. The van der Waals surface area contributed by atoms with Crippen molar-refractivity contribution in [2.75, 3.05) is 6.61 Å². The van der Waals surface area contributed by atoms with Crippen LogP contribution in [-0.2, 0) is 17.6 Å². The Morgan fingerprint density at radius 2 is 1.96 bits per heavy atom. The summed E-state index contributed by atoms with van der Waals surface area (Å²) in [5.74, 6) is 0.431. The van der Waals surface area contributed by atoms with Crippen molar-refractivity contribution in [3.63, 3.8) is 0 Å². The van der Waals surface area contributed by atoms with Crippen molar-refractivity contribution >= 4 is 5.91 Å². The van der Waals surface area contributed by atoms with Gasteiger partial charge < -0.3 is 14.9 Å². The molecule has 130 valence electrons. The number of nitrogens with zero attached hydrogens (tertiary/aromatic N) is 1. The van der Waals surface area contributed by atoms with Crippen LogP contribution in [0.15, 0.2) is 28.8 Å². The van der Waals surface area contributed by atoms with Gasteiger partial charge in [0.1, 0.15) is 5.76 Å². The summed E-state index contributed by atoms with van der Waals surface area (Å²) in [4.78, 5) is 12.5. The summed E-state index contributed by atoms with van der Waals surface area (Å²) in [6.45, 7) is 7.57. The Kier molecular flexibility index (Phi) is 6.15. The first-order valence-electron chi connectivity index (χ1n) is 8.38. The average Bonchev–Trinajstić information content (AvgIpc) is 2.91. The van der Waals surface area contributed by atoms with Gasteiger partial charge in [-0.2, -0.15) is 0 Å². The summed E-state index contributed by atoms with van der Waals surface area (Å²) in [6.07, 6.45) is 1.53. The predicted octanol–water partition coefficient (Wildman–Crippen LogP) is 2.88. The van der Waals surface area contributed by atoms with Crippen molar-refractivity contribution in [1.29, 1.82) is 0 Å². The van der Waals surface area contributed by atoms with E-state index in [0.717, 1.165) is 29.0 Å². The molecule has 1 heterocycles. The van der Waals surface area contributed by atoms with Crippen LogP contribution in [-0.4, -0.2) is 22.8 Å². The van der Waals surface area contributed by atoms with Crippen molar-refractivity contribution in [2.24, 2.45) is 5.92 Å². The molecule has 2 unspecified atom stereocenters. The molecule has 0 saturated carbocycles. The molecule has 5 heteroatoms. The van der Waals surface area contributed by atoms with Gasteiger partial charge in [0, 0.05) is 11.5 Å². The molecule has 24 heavy (non-hydrogen) atoms. The molecule has 0 aliphatic heterocycles. The zero-order valence-corrected chi connectivity index (χ0v) is 14.8. The predicted molar refractivity (Wildman–Crippen MR) is 92.6 cm³/mol. The molecule has 0 fully saturated rings. The molecule has 2 N–H and O–H groups in total. The van der Waals surface area contributed by atoms with Crippen LogP contribution >= 0.6 is 0 Å². The fraction of sp³-hybridized carbons (Fsp3) is 0.474. The monoisotopic (exact) mass is 330 g/mol. The number of aliphatic hydroxyl groups is 1. The van der Waals surface area contributed by atoms with E-state index in [1.165, 1.54) is 5.56 Å². The van der Waals surface area contributed by atoms with Crippen LogP contribution in [0.3, 0.4) is 0 Å². The summed E-state index contributed by atoms with van der Waals surface area (Å²) in [5.41, 5.74) is 3.94. The Morgan fingerprint density at radius 1 is 1.29 bits per heavy atom. The smallest absolute Gasteiger partial charge is 0.223 e. The molecule has 1 aromatic carbocycles. The van der Waals surface area contributed by atoms with E-state index in [-0.39, 0.29) is 18.4 Å². The molecule has 0 radical (unpaired) electrons. The number of hydrogen-bond donors (Lipinski definition) is 2. The van der Waals surface area contributed by atoms with E-state index in [4.69, 9.17) is 4.52 Å². The van der Waals surface area contributed by atoms with Gasteiger partial charge in [-0.25, -0.2) is 0 Å². The number of aromatic nitrogens is 1. The third kappa shape index (κ3) is 4.23. The fourth-order valence-corrected chi connectivity index (χ4v) is 2.73. The van der Waals surface area contributed by atoms with Gasteiger partial charge in [-0.05, 0) is 37.8 Å². The zero-order chi connectivity index (χ0) is 17.7. The molecule has 0 saturated heterocycles. The van der Waals surface area contributed by atoms with E-state index in [1.54, 1.807) is 0 Å². The van der Waals surface area contributed by atoms with E-state index < -0.39 is 6.04 Å². The first-order chi connectivity index (χ1) is 11.5. The van der Waals surface area contributed by atoms with E-state index >= 15 is 0 Å². The highest BCUT2D eigenvalue weighted by molar-refractivity contribution is 5.79. The zero-order valence-electron chi connectivity index (χ0n) is 14.8. The van der Waals surface area contributed by atoms with Gasteiger partial charge >= 0.3 is 0 Å². The van der Waals surface area contributed by atoms with Gasteiger partial charge in [0.15, 0.2) is 0 Å². The molecule has 2 rings (SSSR count). The summed E-state index contributed by atoms with van der Waals surface area (Å²) >= 11 is 0. The number of rotatable bonds is 7. The van der Waals surface area contributed by atoms with Gasteiger partial charge in [-0.15, -0.1) is 0 Å². The summed E-state index contributed by atoms with van der Waals surface area (Å²) in [6, 6.07) is 7.57. The molecule has 0 spiro atoms. The first-order valence-corrected chi connectivity index (χ1v) is 8.38. The number of amides is 1. The molecule has 0 aliphatic carbocycles. The van der Waals surface area contributed by atoms with Gasteiger partial charge in [0.25, 0.3) is 0 Å². The number of carbonyl (C=O) groups excluding carboxylic acids is 1. The second-order valence-corrected chi connectivity index (χ2v) is 6.25. The third-order valence-corrected chi connectivity index (χ3v) is 4.43. The van der Waals surface area contributed by atoms with Crippen LogP contribution in [0.2, 0.25) is 0 Å². The molecule has 2 atom stereocenters. The lowest BCUT2D eigenvalue weighted by Crippen LogP contribution is -2.35. The quantitative estimate of drug-likeness (QED) is 0.818. The van der Waals surface area contributed by atoms with E-state index in [2.05, 4.69) is 17.4 Å². The minimum Gasteiger partial charge on any atom is -0.394 e. The molecule has 1 aromatic heterocycles. The molecular weight excluding hydrogens is 304 g/mol. The number of benzene rings is 1. The lowest BCUT2D eigenvalue weighted by Gasteiger charge is -2.20. The standard InChI is InChI=1S/C19H26N2O3/c1-5-15-6-8-16(9-7-15)18(11-22)20-19(23)12(2)10-17-13(3)21-24-14(17)4/h6-9,12,18,22H,5,10-11H2,1-4H3,(H,20,23). The largest absolute Gasteiger partial charge is 0.394 e. The minimum absolute atomic E-state index is 0.0892. The average molecular weight is 330 g/mol. The maximum Gasteiger partial charge on any atom is 0.223 e. The van der Waals surface area contributed by atoms with Crippen molar-refractivity contribution in [3.8, 4) is 0 Å². The van der Waals surface area contributed by atoms with Gasteiger partial charge in [-0.1, -0.05) is 43.3 Å². The van der Waals surface area contributed by atoms with Crippen LogP contribution in [0.5, 0.6) is 0 Å². The van der Waals surface area contributed by atoms with Crippen LogP contribution in [0.1, 0.15) is 48.0 Å². The normalized spacial score (nSPS) is 13.5. The van der Waals surface area contributed by atoms with E-state index in [0.29, 0.717) is 6.42 Å². The number of hydrogen-bond acceptors (Lipinski definition) is 4. The van der Waals surface area contributed by atoms with E-state index in [9.17, 15) is 9.90 Å². The maximum absolute atomic E-state index is 12.5. The van der Waals surface area contributed by atoms with Crippen LogP contribution in [0.4, 0.5) is 0 Å². The Morgan fingerprint density at radius 3 is 2.46 bits per heavy atom. The van der Waals surface area contributed by atoms with Crippen molar-refractivity contribution in [1.82, 2.24) is 10.5 Å². The molecule has 0 bridgehead atoms. The first kappa shape index (κ1) is 18.2. The van der Waals surface area contributed by atoms with Crippen LogP contribution in [0, 0.1) is 19.8 Å². The van der Waals surface area contributed by atoms with Gasteiger partial charge in [-0.3, -0.25) is 4.79 Å². The molecule has 5 nitrogen and oxygen atoms in total. The highest BCUT2D eigenvalue weighted by Gasteiger charge is 2.21. The Labute approximate surface area is 143 Å². The number of carbonyl (C=O) groups is 1. The van der Waals surface area contributed by atoms with Crippen LogP contribution in [0.25, 0.3) is 0 Å². The van der Waals surface area contributed by atoms with Crippen molar-refractivity contribution in [3.05, 3.63) is 52.4 Å². The third-order valence-electron chi connectivity index (χ3n) is 4.43. The lowest BCUT2D eigenvalue weighted by atomic mass is 9.98. The van der Waals surface area contributed by atoms with Crippen molar-refractivity contribution in [2.45, 2.75) is 46.6 Å². The van der Waals surface area contributed by atoms with Gasteiger partial charge in [0.2, 0.25) is 5.91 Å². The summed E-state index contributed by atoms with van der Waals surface area (Å²) < 4.78 is 5.15. The van der Waals surface area contributed by atoms with Crippen molar-refractivity contribution < 1.29 is 14.4 Å². The summed E-state index contributed by atoms with van der Waals surface area (Å²) in [7, 11) is 0. The molecule has 1 amide bonds. The Hall–Kier alpha value is -2.14. The molecular formula is C19H26N2O3. The fourth-order valence-electron chi connectivity index (χ4n) is 2.73. The molecule has 2 aromatic rings. The highest BCUT2D eigenvalue weighted by Crippen LogP contribution is 2.19. The Bertz CT molecular complexity index is 657. The number of aryl methyl sites for hydroxylation is 3. The molecule has 0 aliphatic rings. The van der Waals surface area contributed by atoms with E-state index in [1.807, 2.05) is 45.0 Å². The second-order valence-electron chi connectivity index (χ2n) is 6.25. The highest BCUT2D eigenvalue weighted by atomic mass is 16.5. The number of aliphatic hydroxyl groups excluding tert-OH is 1. The maximum atomic E-state index is 12.5.